The molecule has 0 aliphatic carbocycles. The van der Waals surface area contributed by atoms with Crippen molar-refractivity contribution < 1.29 is 35.7 Å². The molecule has 4 aromatic rings. The van der Waals surface area contributed by atoms with E-state index in [2.05, 4.69) is 20.6 Å². The van der Waals surface area contributed by atoms with Crippen molar-refractivity contribution in [2.75, 3.05) is 5.32 Å². The number of hydrogen-bond donors (Lipinski definition) is 1. The molecule has 0 radical (unpaired) electrons. The highest BCUT2D eigenvalue weighted by molar-refractivity contribution is 6.03. The number of nitrogens with zero attached hydrogens (tertiary/aromatic N) is 4. The van der Waals surface area contributed by atoms with Crippen LogP contribution in [0.5, 0.6) is 0 Å². The van der Waals surface area contributed by atoms with E-state index in [4.69, 9.17) is 4.52 Å². The van der Waals surface area contributed by atoms with Crippen molar-refractivity contribution in [3.63, 3.8) is 0 Å². The summed E-state index contributed by atoms with van der Waals surface area (Å²) in [7, 11) is 0. The van der Waals surface area contributed by atoms with E-state index in [-0.39, 0.29) is 23.2 Å². The second-order valence-corrected chi connectivity index (χ2v) is 7.43. The molecule has 0 fully saturated rings. The van der Waals surface area contributed by atoms with Gasteiger partial charge in [0.25, 0.3) is 5.91 Å². The molecule has 0 aliphatic rings. The van der Waals surface area contributed by atoms with Crippen LogP contribution in [0.15, 0.2) is 65.6 Å². The molecule has 0 saturated heterocycles. The predicted octanol–water partition coefficient (Wildman–Crippen LogP) is 5.83. The Balaban J connectivity index is 1.54. The quantitative estimate of drug-likeness (QED) is 0.352. The molecule has 3 heterocycles. The van der Waals surface area contributed by atoms with Gasteiger partial charge in [-0.2, -0.15) is 31.4 Å². The van der Waals surface area contributed by atoms with E-state index in [0.717, 1.165) is 10.7 Å². The second kappa shape index (κ2) is 8.89. The number of anilines is 1. The smallest absolute Gasteiger partial charge is 0.354 e. The number of nitrogens with one attached hydrogen (secondary N) is 1. The number of carbonyl (C=O) groups excluding carboxylic acids is 1. The van der Waals surface area contributed by atoms with Gasteiger partial charge >= 0.3 is 12.4 Å². The lowest BCUT2D eigenvalue weighted by atomic mass is 9.98. The largest absolute Gasteiger partial charge is 0.416 e. The number of alkyl halides is 6. The molecule has 0 bridgehead atoms. The van der Waals surface area contributed by atoms with Gasteiger partial charge in [-0.3, -0.25) is 14.5 Å². The van der Waals surface area contributed by atoms with Gasteiger partial charge in [0.2, 0.25) is 0 Å². The minimum Gasteiger partial charge on any atom is -0.354 e. The van der Waals surface area contributed by atoms with Gasteiger partial charge in [-0.15, -0.1) is 0 Å². The average Bonchev–Trinajstić information content (AvgIpc) is 3.48. The third-order valence-corrected chi connectivity index (χ3v) is 5.05. The van der Waals surface area contributed by atoms with Gasteiger partial charge < -0.3 is 9.84 Å². The fraction of sp³-hybridized carbons (Fsp3) is 0.182. The molecule has 4 rings (SSSR count). The number of pyridine rings is 1. The van der Waals surface area contributed by atoms with Crippen LogP contribution in [-0.2, 0) is 12.4 Å². The average molecular weight is 495 g/mol. The highest BCUT2D eigenvalue weighted by Crippen LogP contribution is 2.39. The van der Waals surface area contributed by atoms with E-state index >= 15 is 0 Å². The molecule has 35 heavy (non-hydrogen) atoms. The summed E-state index contributed by atoms with van der Waals surface area (Å²) in [5, 5.41) is 10.1. The number of hydrogen-bond acceptors (Lipinski definition) is 5. The number of amides is 1. The lowest BCUT2D eigenvalue weighted by molar-refractivity contribution is -0.143. The molecule has 7 nitrogen and oxygen atoms in total. The topological polar surface area (TPSA) is 85.8 Å². The first kappa shape index (κ1) is 24.0. The van der Waals surface area contributed by atoms with Crippen molar-refractivity contribution in [2.45, 2.75) is 25.3 Å². The van der Waals surface area contributed by atoms with Crippen LogP contribution in [0.4, 0.5) is 32.0 Å². The molecule has 13 heteroatoms. The second-order valence-electron chi connectivity index (χ2n) is 7.43. The van der Waals surface area contributed by atoms with Crippen molar-refractivity contribution in [1.82, 2.24) is 19.9 Å². The number of rotatable bonds is 5. The maximum atomic E-state index is 13.5. The monoisotopic (exact) mass is 495 g/mol. The van der Waals surface area contributed by atoms with Crippen molar-refractivity contribution in [1.29, 1.82) is 0 Å². The fourth-order valence-corrected chi connectivity index (χ4v) is 3.31. The van der Waals surface area contributed by atoms with E-state index < -0.39 is 41.0 Å². The summed E-state index contributed by atoms with van der Waals surface area (Å²) in [6.45, 7) is 1.34. The standard InChI is InChI=1S/C22H15F6N5O2/c1-12(15-6-5-13(21(23,24)25)8-16(15)22(26,27)28)33-11-14(10-30-33)31-20(34)18-9-19(35-32-18)17-4-2-3-7-29-17/h2-12H,1H3,(H,31,34)/t12-/m1/s1. The summed E-state index contributed by atoms with van der Waals surface area (Å²) in [6.07, 6.45) is -5.98. The molecular formula is C22H15F6N5O2. The molecule has 1 aromatic carbocycles. The van der Waals surface area contributed by atoms with Gasteiger partial charge in [0.05, 0.1) is 29.1 Å². The Kier molecular flexibility index (Phi) is 6.09. The number of halogens is 6. The van der Waals surface area contributed by atoms with E-state index in [1.165, 1.54) is 31.6 Å². The fourth-order valence-electron chi connectivity index (χ4n) is 3.31. The number of aromatic nitrogens is 4. The maximum Gasteiger partial charge on any atom is 0.416 e. The first-order valence-electron chi connectivity index (χ1n) is 9.95. The van der Waals surface area contributed by atoms with Gasteiger partial charge in [-0.25, -0.2) is 0 Å². The SMILES string of the molecule is C[C@H](c1ccc(C(F)(F)F)cc1C(F)(F)F)n1cc(NC(=O)c2cc(-c3ccccn3)on2)cn1. The summed E-state index contributed by atoms with van der Waals surface area (Å²) >= 11 is 0. The van der Waals surface area contributed by atoms with Gasteiger partial charge in [-0.05, 0) is 36.8 Å². The van der Waals surface area contributed by atoms with Crippen LogP contribution < -0.4 is 5.32 Å². The third-order valence-electron chi connectivity index (χ3n) is 5.05. The van der Waals surface area contributed by atoms with Gasteiger partial charge in [0, 0.05) is 18.5 Å². The van der Waals surface area contributed by atoms with Crippen molar-refractivity contribution in [3.05, 3.63) is 83.4 Å². The number of carbonyl (C=O) groups is 1. The van der Waals surface area contributed by atoms with Crippen LogP contribution in [-0.4, -0.2) is 25.8 Å². The minimum atomic E-state index is -5.02. The van der Waals surface area contributed by atoms with Crippen LogP contribution in [0.2, 0.25) is 0 Å². The summed E-state index contributed by atoms with van der Waals surface area (Å²) in [4.78, 5) is 16.6. The zero-order chi connectivity index (χ0) is 25.4. The van der Waals surface area contributed by atoms with Crippen LogP contribution in [0, 0.1) is 0 Å². The molecule has 1 amide bonds. The van der Waals surface area contributed by atoms with Crippen LogP contribution in [0.3, 0.4) is 0 Å². The lowest BCUT2D eigenvalue weighted by Crippen LogP contribution is -2.17. The third kappa shape index (κ3) is 5.18. The molecular weight excluding hydrogens is 480 g/mol. The molecule has 182 valence electrons. The van der Waals surface area contributed by atoms with Gasteiger partial charge in [0.1, 0.15) is 5.69 Å². The number of benzene rings is 1. The van der Waals surface area contributed by atoms with Gasteiger partial charge in [0.15, 0.2) is 11.5 Å². The summed E-state index contributed by atoms with van der Waals surface area (Å²) in [5.41, 5.74) is -2.74. The lowest BCUT2D eigenvalue weighted by Gasteiger charge is -2.20. The molecule has 3 aromatic heterocycles. The van der Waals surface area contributed by atoms with Gasteiger partial charge in [-0.1, -0.05) is 17.3 Å². The van der Waals surface area contributed by atoms with Crippen LogP contribution in [0.1, 0.15) is 40.1 Å². The van der Waals surface area contributed by atoms with Crippen molar-refractivity contribution >= 4 is 11.6 Å². The van der Waals surface area contributed by atoms with E-state index in [1.54, 1.807) is 18.2 Å². The normalized spacial score (nSPS) is 13.0. The summed E-state index contributed by atoms with van der Waals surface area (Å²) < 4.78 is 85.5. The molecule has 0 aliphatic heterocycles. The van der Waals surface area contributed by atoms with Crippen molar-refractivity contribution in [2.24, 2.45) is 0 Å². The first-order chi connectivity index (χ1) is 16.4. The zero-order valence-electron chi connectivity index (χ0n) is 17.7. The Hall–Kier alpha value is -4.16. The Bertz CT molecular complexity index is 1340. The molecule has 0 saturated carbocycles. The Morgan fingerprint density at radius 3 is 2.49 bits per heavy atom. The molecule has 1 atom stereocenters. The molecule has 1 N–H and O–H groups in total. The van der Waals surface area contributed by atoms with E-state index in [1.807, 2.05) is 0 Å². The minimum absolute atomic E-state index is 0.0712. The first-order valence-corrected chi connectivity index (χ1v) is 9.95. The van der Waals surface area contributed by atoms with E-state index in [0.29, 0.717) is 11.8 Å². The van der Waals surface area contributed by atoms with Crippen LogP contribution >= 0.6 is 0 Å². The Labute approximate surface area is 193 Å². The molecule has 0 spiro atoms. The molecule has 0 unspecified atom stereocenters. The van der Waals surface area contributed by atoms with E-state index in [9.17, 15) is 31.1 Å². The maximum absolute atomic E-state index is 13.5. The highest BCUT2D eigenvalue weighted by atomic mass is 19.4. The Morgan fingerprint density at radius 2 is 1.83 bits per heavy atom. The summed E-state index contributed by atoms with van der Waals surface area (Å²) in [5.74, 6) is -0.421. The Morgan fingerprint density at radius 1 is 1.06 bits per heavy atom. The summed E-state index contributed by atoms with van der Waals surface area (Å²) in [6, 6.07) is 6.77. The van der Waals surface area contributed by atoms with Crippen molar-refractivity contribution in [3.8, 4) is 11.5 Å². The predicted molar refractivity (Wildman–Crippen MR) is 110 cm³/mol. The highest BCUT2D eigenvalue weighted by Gasteiger charge is 2.39. The van der Waals surface area contributed by atoms with Crippen LogP contribution in [0.25, 0.3) is 11.5 Å². The zero-order valence-corrected chi connectivity index (χ0v) is 17.7.